The Morgan fingerprint density at radius 3 is 2.56 bits per heavy atom. The third kappa shape index (κ3) is 6.46. The standard InChI is InChI=1S/C13H29N3/c14-9-4-7-13(15)8-10-16-11-12-5-2-1-3-6-12/h12-13,16H,1-11,14-15H2. The molecule has 1 saturated carbocycles. The zero-order chi connectivity index (χ0) is 11.6. The van der Waals surface area contributed by atoms with Gasteiger partial charge in [0.25, 0.3) is 0 Å². The van der Waals surface area contributed by atoms with Crippen LogP contribution >= 0.6 is 0 Å². The lowest BCUT2D eigenvalue weighted by Crippen LogP contribution is -2.30. The molecule has 0 aromatic rings. The van der Waals surface area contributed by atoms with Gasteiger partial charge in [-0.2, -0.15) is 0 Å². The SMILES string of the molecule is NCCCC(N)CCNCC1CCCCC1. The molecule has 16 heavy (non-hydrogen) atoms. The van der Waals surface area contributed by atoms with Crippen LogP contribution in [-0.4, -0.2) is 25.7 Å². The summed E-state index contributed by atoms with van der Waals surface area (Å²) in [7, 11) is 0. The Labute approximate surface area is 100 Å². The molecule has 0 spiro atoms. The van der Waals surface area contributed by atoms with Crippen LogP contribution in [0.2, 0.25) is 0 Å². The third-order valence-corrected chi connectivity index (χ3v) is 3.63. The average Bonchev–Trinajstić information content (AvgIpc) is 2.33. The molecule has 3 nitrogen and oxygen atoms in total. The predicted octanol–water partition coefficient (Wildman–Crippen LogP) is 1.61. The Balaban J connectivity index is 1.90. The Morgan fingerprint density at radius 1 is 1.12 bits per heavy atom. The van der Waals surface area contributed by atoms with Crippen LogP contribution in [0.5, 0.6) is 0 Å². The van der Waals surface area contributed by atoms with Gasteiger partial charge < -0.3 is 16.8 Å². The Morgan fingerprint density at radius 2 is 1.88 bits per heavy atom. The summed E-state index contributed by atoms with van der Waals surface area (Å²) >= 11 is 0. The van der Waals surface area contributed by atoms with Crippen LogP contribution in [0.1, 0.15) is 51.4 Å². The molecule has 0 saturated heterocycles. The van der Waals surface area contributed by atoms with Crippen molar-refractivity contribution in [2.75, 3.05) is 19.6 Å². The van der Waals surface area contributed by atoms with Crippen LogP contribution in [0, 0.1) is 5.92 Å². The molecule has 0 heterocycles. The first-order chi connectivity index (χ1) is 7.83. The van der Waals surface area contributed by atoms with Crippen LogP contribution in [0.4, 0.5) is 0 Å². The second-order valence-electron chi connectivity index (χ2n) is 5.19. The van der Waals surface area contributed by atoms with Gasteiger partial charge in [0.2, 0.25) is 0 Å². The second-order valence-corrected chi connectivity index (χ2v) is 5.19. The number of nitrogens with one attached hydrogen (secondary N) is 1. The minimum absolute atomic E-state index is 0.336. The van der Waals surface area contributed by atoms with Gasteiger partial charge in [0.1, 0.15) is 0 Å². The number of hydrogen-bond acceptors (Lipinski definition) is 3. The normalized spacial score (nSPS) is 19.9. The van der Waals surface area contributed by atoms with Crippen molar-refractivity contribution >= 4 is 0 Å². The summed E-state index contributed by atoms with van der Waals surface area (Å²) < 4.78 is 0. The third-order valence-electron chi connectivity index (χ3n) is 3.63. The zero-order valence-corrected chi connectivity index (χ0v) is 10.6. The van der Waals surface area contributed by atoms with Gasteiger partial charge in [0, 0.05) is 6.04 Å². The van der Waals surface area contributed by atoms with Crippen LogP contribution in [0.15, 0.2) is 0 Å². The van der Waals surface area contributed by atoms with E-state index in [4.69, 9.17) is 11.5 Å². The van der Waals surface area contributed by atoms with E-state index in [1.54, 1.807) is 0 Å². The first-order valence-electron chi connectivity index (χ1n) is 6.99. The van der Waals surface area contributed by atoms with Crippen molar-refractivity contribution in [3.63, 3.8) is 0 Å². The summed E-state index contributed by atoms with van der Waals surface area (Å²) in [6, 6.07) is 0.336. The fourth-order valence-corrected chi connectivity index (χ4v) is 2.51. The molecule has 0 aromatic heterocycles. The van der Waals surface area contributed by atoms with E-state index in [-0.39, 0.29) is 0 Å². The molecule has 0 radical (unpaired) electrons. The van der Waals surface area contributed by atoms with Crippen molar-refractivity contribution in [1.29, 1.82) is 0 Å². The molecule has 0 amide bonds. The predicted molar refractivity (Wildman–Crippen MR) is 70.3 cm³/mol. The smallest absolute Gasteiger partial charge is 0.00513 e. The van der Waals surface area contributed by atoms with Gasteiger partial charge in [-0.05, 0) is 57.7 Å². The van der Waals surface area contributed by atoms with E-state index in [1.165, 1.54) is 38.6 Å². The van der Waals surface area contributed by atoms with Gasteiger partial charge >= 0.3 is 0 Å². The quantitative estimate of drug-likeness (QED) is 0.552. The minimum Gasteiger partial charge on any atom is -0.330 e. The van der Waals surface area contributed by atoms with Gasteiger partial charge in [-0.3, -0.25) is 0 Å². The Hall–Kier alpha value is -0.120. The van der Waals surface area contributed by atoms with E-state index in [0.717, 1.165) is 38.3 Å². The van der Waals surface area contributed by atoms with Gasteiger partial charge in [-0.1, -0.05) is 19.3 Å². The van der Waals surface area contributed by atoms with Crippen molar-refractivity contribution in [3.05, 3.63) is 0 Å². The van der Waals surface area contributed by atoms with E-state index in [2.05, 4.69) is 5.32 Å². The van der Waals surface area contributed by atoms with E-state index < -0.39 is 0 Å². The number of rotatable bonds is 8. The lowest BCUT2D eigenvalue weighted by molar-refractivity contribution is 0.340. The molecule has 0 aromatic carbocycles. The molecule has 5 N–H and O–H groups in total. The molecule has 1 fully saturated rings. The highest BCUT2D eigenvalue weighted by atomic mass is 14.9. The zero-order valence-electron chi connectivity index (χ0n) is 10.6. The van der Waals surface area contributed by atoms with Gasteiger partial charge in [-0.25, -0.2) is 0 Å². The summed E-state index contributed by atoms with van der Waals surface area (Å²) in [6.07, 6.45) is 10.4. The molecule has 96 valence electrons. The Bertz CT molecular complexity index is 155. The molecule has 0 aliphatic heterocycles. The second kappa shape index (κ2) is 8.97. The monoisotopic (exact) mass is 227 g/mol. The summed E-state index contributed by atoms with van der Waals surface area (Å²) in [6.45, 7) is 3.04. The molecule has 1 rings (SSSR count). The fraction of sp³-hybridized carbons (Fsp3) is 1.00. The summed E-state index contributed by atoms with van der Waals surface area (Å²) in [5, 5.41) is 3.55. The molecular weight excluding hydrogens is 198 g/mol. The first kappa shape index (κ1) is 13.9. The maximum atomic E-state index is 5.98. The van der Waals surface area contributed by atoms with E-state index in [0.29, 0.717) is 6.04 Å². The van der Waals surface area contributed by atoms with E-state index in [1.807, 2.05) is 0 Å². The largest absolute Gasteiger partial charge is 0.330 e. The molecular formula is C13H29N3. The number of hydrogen-bond donors (Lipinski definition) is 3. The van der Waals surface area contributed by atoms with Gasteiger partial charge in [0.15, 0.2) is 0 Å². The van der Waals surface area contributed by atoms with Gasteiger partial charge in [0.05, 0.1) is 0 Å². The van der Waals surface area contributed by atoms with Crippen LogP contribution < -0.4 is 16.8 Å². The topological polar surface area (TPSA) is 64.1 Å². The Kier molecular flexibility index (Phi) is 7.81. The van der Waals surface area contributed by atoms with Crippen molar-refractivity contribution in [1.82, 2.24) is 5.32 Å². The minimum atomic E-state index is 0.336. The molecule has 1 aliphatic carbocycles. The van der Waals surface area contributed by atoms with Gasteiger partial charge in [-0.15, -0.1) is 0 Å². The van der Waals surface area contributed by atoms with Crippen LogP contribution in [0.3, 0.4) is 0 Å². The molecule has 1 atom stereocenters. The van der Waals surface area contributed by atoms with E-state index in [9.17, 15) is 0 Å². The van der Waals surface area contributed by atoms with Crippen molar-refractivity contribution in [2.24, 2.45) is 17.4 Å². The first-order valence-corrected chi connectivity index (χ1v) is 6.99. The van der Waals surface area contributed by atoms with Crippen molar-refractivity contribution in [2.45, 2.75) is 57.4 Å². The van der Waals surface area contributed by atoms with Crippen molar-refractivity contribution < 1.29 is 0 Å². The molecule has 1 unspecified atom stereocenters. The lowest BCUT2D eigenvalue weighted by atomic mass is 9.89. The summed E-state index contributed by atoms with van der Waals surface area (Å²) in [5.41, 5.74) is 11.4. The van der Waals surface area contributed by atoms with Crippen LogP contribution in [0.25, 0.3) is 0 Å². The maximum Gasteiger partial charge on any atom is 0.00513 e. The highest BCUT2D eigenvalue weighted by Gasteiger charge is 2.12. The molecule has 0 bridgehead atoms. The summed E-state index contributed by atoms with van der Waals surface area (Å²) in [4.78, 5) is 0. The van der Waals surface area contributed by atoms with Crippen LogP contribution in [-0.2, 0) is 0 Å². The highest BCUT2D eigenvalue weighted by molar-refractivity contribution is 4.69. The lowest BCUT2D eigenvalue weighted by Gasteiger charge is -2.22. The average molecular weight is 227 g/mol. The fourth-order valence-electron chi connectivity index (χ4n) is 2.51. The van der Waals surface area contributed by atoms with Crippen molar-refractivity contribution in [3.8, 4) is 0 Å². The molecule has 3 heteroatoms. The highest BCUT2D eigenvalue weighted by Crippen LogP contribution is 2.22. The van der Waals surface area contributed by atoms with E-state index >= 15 is 0 Å². The number of nitrogens with two attached hydrogens (primary N) is 2. The maximum absolute atomic E-state index is 5.98. The summed E-state index contributed by atoms with van der Waals surface area (Å²) in [5.74, 6) is 0.925. The molecule has 1 aliphatic rings.